The second-order valence-electron chi connectivity index (χ2n) is 4.07. The van der Waals surface area contributed by atoms with Crippen molar-refractivity contribution < 1.29 is 8.78 Å². The Morgan fingerprint density at radius 3 is 2.50 bits per heavy atom. The molecule has 4 heteroatoms. The molecule has 0 bridgehead atoms. The smallest absolute Gasteiger partial charge is 0.136 e. The maximum absolute atomic E-state index is 14.0. The van der Waals surface area contributed by atoms with Gasteiger partial charge in [-0.2, -0.15) is 0 Å². The SMILES string of the molecule is Cc1ccc(F)c(-c2ccc(CN)cc2Cl)c1F. The summed E-state index contributed by atoms with van der Waals surface area (Å²) in [7, 11) is 0. The fourth-order valence-electron chi connectivity index (χ4n) is 1.79. The fraction of sp³-hybridized carbons (Fsp3) is 0.143. The highest BCUT2D eigenvalue weighted by molar-refractivity contribution is 6.33. The maximum Gasteiger partial charge on any atom is 0.136 e. The van der Waals surface area contributed by atoms with Gasteiger partial charge in [-0.1, -0.05) is 29.8 Å². The molecule has 0 atom stereocenters. The van der Waals surface area contributed by atoms with Gasteiger partial charge in [-0.15, -0.1) is 0 Å². The Hall–Kier alpha value is -1.45. The van der Waals surface area contributed by atoms with Crippen LogP contribution in [0.15, 0.2) is 30.3 Å². The predicted molar refractivity (Wildman–Crippen MR) is 69.4 cm³/mol. The van der Waals surface area contributed by atoms with Crippen LogP contribution in [0.4, 0.5) is 8.78 Å². The normalized spacial score (nSPS) is 10.7. The molecule has 0 spiro atoms. The molecule has 0 radical (unpaired) electrons. The first-order chi connectivity index (χ1) is 8.54. The van der Waals surface area contributed by atoms with E-state index in [1.807, 2.05) is 0 Å². The average molecular weight is 268 g/mol. The molecule has 0 aromatic heterocycles. The zero-order chi connectivity index (χ0) is 13.3. The van der Waals surface area contributed by atoms with Crippen molar-refractivity contribution in [1.29, 1.82) is 0 Å². The van der Waals surface area contributed by atoms with Crippen LogP contribution in [0, 0.1) is 18.6 Å². The lowest BCUT2D eigenvalue weighted by Crippen LogP contribution is -1.98. The summed E-state index contributed by atoms with van der Waals surface area (Å²) in [6.07, 6.45) is 0. The summed E-state index contributed by atoms with van der Waals surface area (Å²) in [6, 6.07) is 7.56. The van der Waals surface area contributed by atoms with Crippen molar-refractivity contribution >= 4 is 11.6 Å². The summed E-state index contributed by atoms with van der Waals surface area (Å²) in [5, 5.41) is 0.293. The first-order valence-electron chi connectivity index (χ1n) is 5.48. The molecule has 0 amide bonds. The lowest BCUT2D eigenvalue weighted by atomic mass is 10.0. The van der Waals surface area contributed by atoms with Crippen LogP contribution in [0.3, 0.4) is 0 Å². The molecule has 2 aromatic carbocycles. The lowest BCUT2D eigenvalue weighted by molar-refractivity contribution is 0.584. The topological polar surface area (TPSA) is 26.0 Å². The van der Waals surface area contributed by atoms with Crippen molar-refractivity contribution in [1.82, 2.24) is 0 Å². The maximum atomic E-state index is 14.0. The number of aryl methyl sites for hydroxylation is 1. The Bertz CT molecular complexity index is 597. The molecule has 2 aromatic rings. The van der Waals surface area contributed by atoms with Gasteiger partial charge >= 0.3 is 0 Å². The highest BCUT2D eigenvalue weighted by Crippen LogP contribution is 2.33. The van der Waals surface area contributed by atoms with Gasteiger partial charge in [0, 0.05) is 17.1 Å². The van der Waals surface area contributed by atoms with Gasteiger partial charge < -0.3 is 5.73 Å². The Morgan fingerprint density at radius 2 is 1.89 bits per heavy atom. The van der Waals surface area contributed by atoms with E-state index in [2.05, 4.69) is 0 Å². The zero-order valence-corrected chi connectivity index (χ0v) is 10.6. The van der Waals surface area contributed by atoms with Crippen LogP contribution >= 0.6 is 11.6 Å². The third kappa shape index (κ3) is 2.24. The Labute approximate surface area is 109 Å². The second-order valence-corrected chi connectivity index (χ2v) is 4.48. The number of hydrogen-bond donors (Lipinski definition) is 1. The fourth-order valence-corrected chi connectivity index (χ4v) is 2.09. The molecule has 0 heterocycles. The first-order valence-corrected chi connectivity index (χ1v) is 5.86. The summed E-state index contributed by atoms with van der Waals surface area (Å²) in [6.45, 7) is 1.92. The van der Waals surface area contributed by atoms with E-state index in [1.54, 1.807) is 25.1 Å². The van der Waals surface area contributed by atoms with E-state index < -0.39 is 11.6 Å². The summed E-state index contributed by atoms with van der Waals surface area (Å²) >= 11 is 6.05. The second kappa shape index (κ2) is 5.04. The van der Waals surface area contributed by atoms with Crippen molar-refractivity contribution in [3.63, 3.8) is 0 Å². The van der Waals surface area contributed by atoms with Crippen LogP contribution in [0.5, 0.6) is 0 Å². The third-order valence-electron chi connectivity index (χ3n) is 2.82. The van der Waals surface area contributed by atoms with E-state index in [0.29, 0.717) is 22.7 Å². The average Bonchev–Trinajstić information content (AvgIpc) is 2.36. The van der Waals surface area contributed by atoms with Crippen LogP contribution in [0.2, 0.25) is 5.02 Å². The summed E-state index contributed by atoms with van der Waals surface area (Å²) < 4.78 is 27.7. The molecular weight excluding hydrogens is 256 g/mol. The van der Waals surface area contributed by atoms with Crippen LogP contribution in [-0.2, 0) is 6.54 Å². The molecule has 1 nitrogen and oxygen atoms in total. The molecule has 0 saturated heterocycles. The number of nitrogens with two attached hydrogens (primary N) is 1. The van der Waals surface area contributed by atoms with E-state index in [0.717, 1.165) is 5.56 Å². The molecule has 18 heavy (non-hydrogen) atoms. The van der Waals surface area contributed by atoms with Crippen LogP contribution in [-0.4, -0.2) is 0 Å². The van der Waals surface area contributed by atoms with Gasteiger partial charge in [-0.05, 0) is 30.2 Å². The Kier molecular flexibility index (Phi) is 3.64. The molecule has 2 rings (SSSR count). The van der Waals surface area contributed by atoms with Crippen LogP contribution in [0.1, 0.15) is 11.1 Å². The lowest BCUT2D eigenvalue weighted by Gasteiger charge is -2.10. The van der Waals surface area contributed by atoms with E-state index in [4.69, 9.17) is 17.3 Å². The molecule has 0 unspecified atom stereocenters. The molecule has 0 aliphatic rings. The minimum atomic E-state index is -0.625. The van der Waals surface area contributed by atoms with Gasteiger partial charge in [-0.3, -0.25) is 0 Å². The molecular formula is C14H12ClF2N. The molecule has 0 saturated carbocycles. The van der Waals surface area contributed by atoms with Gasteiger partial charge in [-0.25, -0.2) is 8.78 Å². The molecule has 94 valence electrons. The summed E-state index contributed by atoms with van der Waals surface area (Å²) in [5.41, 5.74) is 6.93. The standard InChI is InChI=1S/C14H12ClF2N/c1-8-2-5-12(16)13(14(8)17)10-4-3-9(7-18)6-11(10)15/h2-6H,7,18H2,1H3. The van der Waals surface area contributed by atoms with Gasteiger partial charge in [0.15, 0.2) is 0 Å². The highest BCUT2D eigenvalue weighted by Gasteiger charge is 2.16. The Balaban J connectivity index is 2.66. The van der Waals surface area contributed by atoms with E-state index >= 15 is 0 Å². The third-order valence-corrected chi connectivity index (χ3v) is 3.14. The minimum Gasteiger partial charge on any atom is -0.326 e. The highest BCUT2D eigenvalue weighted by atomic mass is 35.5. The summed E-state index contributed by atoms with van der Waals surface area (Å²) in [5.74, 6) is -1.21. The van der Waals surface area contributed by atoms with Crippen molar-refractivity contribution in [3.05, 3.63) is 58.1 Å². The van der Waals surface area contributed by atoms with Gasteiger partial charge in [0.2, 0.25) is 0 Å². The Morgan fingerprint density at radius 1 is 1.17 bits per heavy atom. The molecule has 0 fully saturated rings. The summed E-state index contributed by atoms with van der Waals surface area (Å²) in [4.78, 5) is 0. The predicted octanol–water partition coefficient (Wildman–Crippen LogP) is 4.05. The van der Waals surface area contributed by atoms with Crippen LogP contribution in [0.25, 0.3) is 11.1 Å². The van der Waals surface area contributed by atoms with E-state index in [1.165, 1.54) is 12.1 Å². The van der Waals surface area contributed by atoms with E-state index in [9.17, 15) is 8.78 Å². The number of benzene rings is 2. The van der Waals surface area contributed by atoms with Crippen LogP contribution < -0.4 is 5.73 Å². The molecule has 0 aliphatic carbocycles. The first kappa shape index (κ1) is 13.0. The van der Waals surface area contributed by atoms with Gasteiger partial charge in [0.05, 0.1) is 5.56 Å². The zero-order valence-electron chi connectivity index (χ0n) is 9.81. The van der Waals surface area contributed by atoms with Gasteiger partial charge in [0.25, 0.3) is 0 Å². The molecule has 0 aliphatic heterocycles. The van der Waals surface area contributed by atoms with Crippen molar-refractivity contribution in [2.24, 2.45) is 5.73 Å². The number of rotatable bonds is 2. The van der Waals surface area contributed by atoms with Gasteiger partial charge in [0.1, 0.15) is 11.6 Å². The largest absolute Gasteiger partial charge is 0.326 e. The monoisotopic (exact) mass is 267 g/mol. The quantitative estimate of drug-likeness (QED) is 0.873. The van der Waals surface area contributed by atoms with Crippen molar-refractivity contribution in [2.45, 2.75) is 13.5 Å². The minimum absolute atomic E-state index is 0.0939. The van der Waals surface area contributed by atoms with Crippen molar-refractivity contribution in [2.75, 3.05) is 0 Å². The number of hydrogen-bond acceptors (Lipinski definition) is 1. The molecule has 2 N–H and O–H groups in total. The van der Waals surface area contributed by atoms with Crippen molar-refractivity contribution in [3.8, 4) is 11.1 Å². The number of halogens is 3. The van der Waals surface area contributed by atoms with E-state index in [-0.39, 0.29) is 5.56 Å².